The van der Waals surface area contributed by atoms with Crippen LogP contribution in [0, 0.1) is 10.1 Å². The number of carbonyl (C=O) groups is 2. The molecule has 90 valence electrons. The highest BCUT2D eigenvalue weighted by Crippen LogP contribution is 2.08. The molecular formula is C10H10N2O5. The number of nitro groups is 1. The summed E-state index contributed by atoms with van der Waals surface area (Å²) in [6.07, 6.45) is 6.82. The monoisotopic (exact) mass is 238 g/mol. The van der Waals surface area contributed by atoms with Crippen LogP contribution in [0.1, 0.15) is 0 Å². The number of nitrogens with zero attached hydrogens (tertiary/aromatic N) is 1. The largest absolute Gasteiger partial charge is 0.480 e. The predicted molar refractivity (Wildman–Crippen MR) is 57.8 cm³/mol. The van der Waals surface area contributed by atoms with Crippen LogP contribution >= 0.6 is 0 Å². The number of aliphatic carboxylic acids is 1. The predicted octanol–water partition coefficient (Wildman–Crippen LogP) is -0.115. The van der Waals surface area contributed by atoms with Crippen LogP contribution in [-0.4, -0.2) is 34.5 Å². The molecule has 0 spiro atoms. The lowest BCUT2D eigenvalue weighted by Gasteiger charge is -2.03. The van der Waals surface area contributed by atoms with E-state index in [9.17, 15) is 19.7 Å². The summed E-state index contributed by atoms with van der Waals surface area (Å²) in [5.41, 5.74) is 0.0675. The summed E-state index contributed by atoms with van der Waals surface area (Å²) in [5, 5.41) is 21.1. The SMILES string of the molecule is O=C(O)CNC(=O)C1=CC([N+](=O)[O-])C=CC=C1. The van der Waals surface area contributed by atoms with Crippen molar-refractivity contribution in [2.24, 2.45) is 0 Å². The summed E-state index contributed by atoms with van der Waals surface area (Å²) < 4.78 is 0. The fourth-order valence-electron chi connectivity index (χ4n) is 1.17. The molecule has 7 nitrogen and oxygen atoms in total. The zero-order valence-electron chi connectivity index (χ0n) is 8.70. The van der Waals surface area contributed by atoms with Gasteiger partial charge in [-0.1, -0.05) is 12.2 Å². The fraction of sp³-hybridized carbons (Fsp3) is 0.200. The van der Waals surface area contributed by atoms with Crippen LogP contribution in [0.5, 0.6) is 0 Å². The van der Waals surface area contributed by atoms with Crippen molar-refractivity contribution in [3.8, 4) is 0 Å². The Hall–Kier alpha value is -2.44. The van der Waals surface area contributed by atoms with Crippen molar-refractivity contribution in [2.45, 2.75) is 6.04 Å². The zero-order chi connectivity index (χ0) is 12.8. The number of allylic oxidation sites excluding steroid dienone is 2. The van der Waals surface area contributed by atoms with Gasteiger partial charge in [0.15, 0.2) is 0 Å². The summed E-state index contributed by atoms with van der Waals surface area (Å²) in [6.45, 7) is -0.527. The van der Waals surface area contributed by atoms with Gasteiger partial charge in [-0.3, -0.25) is 19.7 Å². The van der Waals surface area contributed by atoms with Crippen molar-refractivity contribution in [3.63, 3.8) is 0 Å². The Balaban J connectivity index is 2.77. The van der Waals surface area contributed by atoms with E-state index in [1.807, 2.05) is 0 Å². The van der Waals surface area contributed by atoms with Gasteiger partial charge in [0.05, 0.1) is 0 Å². The lowest BCUT2D eigenvalue weighted by Crippen LogP contribution is -2.30. The normalized spacial score (nSPS) is 18.1. The van der Waals surface area contributed by atoms with Gasteiger partial charge in [-0.25, -0.2) is 0 Å². The number of carboxylic acids is 1. The summed E-state index contributed by atoms with van der Waals surface area (Å²) in [6, 6.07) is -1.09. The van der Waals surface area contributed by atoms with Gasteiger partial charge in [0.1, 0.15) is 6.54 Å². The van der Waals surface area contributed by atoms with Crippen molar-refractivity contribution < 1.29 is 19.6 Å². The van der Waals surface area contributed by atoms with Gasteiger partial charge in [0.25, 0.3) is 11.9 Å². The average molecular weight is 238 g/mol. The van der Waals surface area contributed by atoms with E-state index in [1.54, 1.807) is 0 Å². The molecule has 0 aromatic carbocycles. The first-order valence-electron chi connectivity index (χ1n) is 4.71. The van der Waals surface area contributed by atoms with Crippen LogP contribution in [0.4, 0.5) is 0 Å². The molecule has 0 saturated carbocycles. The Morgan fingerprint density at radius 2 is 2.18 bits per heavy atom. The molecule has 1 amide bonds. The first kappa shape index (κ1) is 12.6. The Labute approximate surface area is 96.3 Å². The molecule has 7 heteroatoms. The average Bonchev–Trinajstić information content (AvgIpc) is 2.51. The van der Waals surface area contributed by atoms with Crippen molar-refractivity contribution in [1.82, 2.24) is 5.32 Å². The fourth-order valence-corrected chi connectivity index (χ4v) is 1.17. The molecule has 0 aromatic heterocycles. The lowest BCUT2D eigenvalue weighted by molar-refractivity contribution is -0.496. The maximum Gasteiger partial charge on any atom is 0.322 e. The maximum atomic E-state index is 11.5. The van der Waals surface area contributed by atoms with Crippen LogP contribution in [0.25, 0.3) is 0 Å². The van der Waals surface area contributed by atoms with Crippen LogP contribution < -0.4 is 5.32 Å². The molecule has 1 unspecified atom stereocenters. The molecule has 0 fully saturated rings. The van der Waals surface area contributed by atoms with Crippen molar-refractivity contribution >= 4 is 11.9 Å². The van der Waals surface area contributed by atoms with E-state index in [0.717, 1.165) is 6.08 Å². The van der Waals surface area contributed by atoms with Crippen LogP contribution in [0.15, 0.2) is 36.0 Å². The quantitative estimate of drug-likeness (QED) is 0.524. The van der Waals surface area contributed by atoms with E-state index in [0.29, 0.717) is 0 Å². The molecular weight excluding hydrogens is 228 g/mol. The lowest BCUT2D eigenvalue weighted by atomic mass is 10.1. The number of carbonyl (C=O) groups excluding carboxylic acids is 1. The molecule has 0 bridgehead atoms. The maximum absolute atomic E-state index is 11.5. The Bertz CT molecular complexity index is 436. The topological polar surface area (TPSA) is 110 Å². The first-order chi connectivity index (χ1) is 8.00. The second kappa shape index (κ2) is 5.59. The minimum absolute atomic E-state index is 0.0675. The third kappa shape index (κ3) is 3.90. The summed E-state index contributed by atoms with van der Waals surface area (Å²) >= 11 is 0. The number of nitrogens with one attached hydrogen (secondary N) is 1. The van der Waals surface area contributed by atoms with Gasteiger partial charge < -0.3 is 10.4 Å². The number of rotatable bonds is 4. The number of carboxylic acid groups (broad SMARTS) is 1. The summed E-state index contributed by atoms with van der Waals surface area (Å²) in [4.78, 5) is 31.8. The summed E-state index contributed by atoms with van der Waals surface area (Å²) in [7, 11) is 0. The highest BCUT2D eigenvalue weighted by Gasteiger charge is 2.18. The number of hydrogen-bond donors (Lipinski definition) is 2. The second-order valence-corrected chi connectivity index (χ2v) is 3.22. The molecule has 1 aliphatic rings. The van der Waals surface area contributed by atoms with E-state index in [2.05, 4.69) is 5.32 Å². The second-order valence-electron chi connectivity index (χ2n) is 3.22. The van der Waals surface area contributed by atoms with E-state index in [-0.39, 0.29) is 5.57 Å². The van der Waals surface area contributed by atoms with Gasteiger partial charge in [0.2, 0.25) is 0 Å². The molecule has 0 heterocycles. The van der Waals surface area contributed by atoms with Crippen molar-refractivity contribution in [1.29, 1.82) is 0 Å². The molecule has 0 saturated heterocycles. The first-order valence-corrected chi connectivity index (χ1v) is 4.71. The third-order valence-electron chi connectivity index (χ3n) is 1.95. The van der Waals surface area contributed by atoms with Gasteiger partial charge in [-0.2, -0.15) is 0 Å². The molecule has 1 aliphatic carbocycles. The molecule has 1 rings (SSSR count). The van der Waals surface area contributed by atoms with Gasteiger partial charge in [-0.05, 0) is 12.2 Å². The van der Waals surface area contributed by atoms with E-state index in [4.69, 9.17) is 5.11 Å². The molecule has 0 radical (unpaired) electrons. The number of hydrogen-bond acceptors (Lipinski definition) is 4. The highest BCUT2D eigenvalue weighted by atomic mass is 16.6. The van der Waals surface area contributed by atoms with Crippen LogP contribution in [0.2, 0.25) is 0 Å². The van der Waals surface area contributed by atoms with E-state index < -0.39 is 29.4 Å². The van der Waals surface area contributed by atoms with Gasteiger partial charge >= 0.3 is 5.97 Å². The third-order valence-corrected chi connectivity index (χ3v) is 1.95. The number of amides is 1. The highest BCUT2D eigenvalue weighted by molar-refractivity contribution is 5.97. The Morgan fingerprint density at radius 1 is 1.47 bits per heavy atom. The van der Waals surface area contributed by atoms with Crippen molar-refractivity contribution in [3.05, 3.63) is 46.1 Å². The van der Waals surface area contributed by atoms with Crippen molar-refractivity contribution in [2.75, 3.05) is 6.54 Å². The molecule has 17 heavy (non-hydrogen) atoms. The molecule has 2 N–H and O–H groups in total. The smallest absolute Gasteiger partial charge is 0.322 e. The van der Waals surface area contributed by atoms with Gasteiger partial charge in [0, 0.05) is 16.6 Å². The Morgan fingerprint density at radius 3 is 2.76 bits per heavy atom. The zero-order valence-corrected chi connectivity index (χ0v) is 8.70. The summed E-state index contributed by atoms with van der Waals surface area (Å²) in [5.74, 6) is -1.83. The van der Waals surface area contributed by atoms with Crippen LogP contribution in [0.3, 0.4) is 0 Å². The molecule has 0 aromatic rings. The molecule has 1 atom stereocenters. The van der Waals surface area contributed by atoms with Crippen LogP contribution in [-0.2, 0) is 9.59 Å². The van der Waals surface area contributed by atoms with Gasteiger partial charge in [-0.15, -0.1) is 0 Å². The minimum Gasteiger partial charge on any atom is -0.480 e. The molecule has 0 aliphatic heterocycles. The van der Waals surface area contributed by atoms with E-state index >= 15 is 0 Å². The van der Waals surface area contributed by atoms with E-state index in [1.165, 1.54) is 24.3 Å². The minimum atomic E-state index is -1.18. The standard InChI is InChI=1S/C10H10N2O5/c13-9(14)6-11-10(15)7-3-1-2-4-8(5-7)12(16)17/h1-5,8H,6H2,(H,11,15)(H,13,14). The Kier molecular flexibility index (Phi) is 4.15.